The van der Waals surface area contributed by atoms with E-state index in [0.29, 0.717) is 6.04 Å². The van der Waals surface area contributed by atoms with Gasteiger partial charge in [0, 0.05) is 17.1 Å². The van der Waals surface area contributed by atoms with Gasteiger partial charge in [-0.1, -0.05) is 12.1 Å². The standard InChI is InChI=1S/C15H17NOS/c1-11-14-7-9-18-15(14)6-8-16(11)13-4-2-12(10-17)3-5-13/h2-5,7,9,11,17H,6,8,10H2,1H3. The molecule has 2 heterocycles. The van der Waals surface area contributed by atoms with E-state index < -0.39 is 0 Å². The van der Waals surface area contributed by atoms with E-state index >= 15 is 0 Å². The molecule has 0 radical (unpaired) electrons. The smallest absolute Gasteiger partial charge is 0.0681 e. The predicted octanol–water partition coefficient (Wildman–Crippen LogP) is 3.36. The van der Waals surface area contributed by atoms with Crippen LogP contribution in [-0.2, 0) is 13.0 Å². The van der Waals surface area contributed by atoms with Crippen LogP contribution in [0.3, 0.4) is 0 Å². The molecule has 1 aliphatic heterocycles. The van der Waals surface area contributed by atoms with Gasteiger partial charge in [0.15, 0.2) is 0 Å². The van der Waals surface area contributed by atoms with E-state index in [0.717, 1.165) is 18.5 Å². The summed E-state index contributed by atoms with van der Waals surface area (Å²) >= 11 is 1.87. The van der Waals surface area contributed by atoms with Crippen molar-refractivity contribution in [3.8, 4) is 0 Å². The van der Waals surface area contributed by atoms with Gasteiger partial charge in [0.25, 0.3) is 0 Å². The van der Waals surface area contributed by atoms with Crippen molar-refractivity contribution < 1.29 is 5.11 Å². The third-order valence-corrected chi connectivity index (χ3v) is 4.72. The lowest BCUT2D eigenvalue weighted by molar-refractivity contribution is 0.282. The van der Waals surface area contributed by atoms with Gasteiger partial charge in [0.1, 0.15) is 0 Å². The molecule has 0 bridgehead atoms. The number of thiophene rings is 1. The van der Waals surface area contributed by atoms with Crippen LogP contribution >= 0.6 is 11.3 Å². The number of aliphatic hydroxyl groups excluding tert-OH is 1. The molecule has 1 aromatic heterocycles. The zero-order valence-corrected chi connectivity index (χ0v) is 11.3. The Hall–Kier alpha value is -1.32. The van der Waals surface area contributed by atoms with Crippen LogP contribution in [0.25, 0.3) is 0 Å². The van der Waals surface area contributed by atoms with Crippen molar-refractivity contribution in [1.29, 1.82) is 0 Å². The Morgan fingerprint density at radius 1 is 1.28 bits per heavy atom. The Labute approximate surface area is 112 Å². The van der Waals surface area contributed by atoms with Gasteiger partial charge in [-0.3, -0.25) is 0 Å². The highest BCUT2D eigenvalue weighted by Crippen LogP contribution is 2.35. The Kier molecular flexibility index (Phi) is 3.10. The number of benzene rings is 1. The summed E-state index contributed by atoms with van der Waals surface area (Å²) in [6.07, 6.45) is 1.14. The SMILES string of the molecule is CC1c2ccsc2CCN1c1ccc(CO)cc1. The Morgan fingerprint density at radius 2 is 2.06 bits per heavy atom. The van der Waals surface area contributed by atoms with Crippen molar-refractivity contribution >= 4 is 17.0 Å². The first-order valence-electron chi connectivity index (χ1n) is 6.32. The summed E-state index contributed by atoms with van der Waals surface area (Å²) in [5.74, 6) is 0. The minimum atomic E-state index is 0.116. The zero-order valence-electron chi connectivity index (χ0n) is 10.5. The van der Waals surface area contributed by atoms with Gasteiger partial charge in [0.2, 0.25) is 0 Å². The fraction of sp³-hybridized carbons (Fsp3) is 0.333. The molecule has 94 valence electrons. The average Bonchev–Trinajstić information content (AvgIpc) is 2.89. The van der Waals surface area contributed by atoms with Crippen molar-refractivity contribution in [3.05, 3.63) is 51.7 Å². The molecule has 0 aliphatic carbocycles. The van der Waals surface area contributed by atoms with Crippen molar-refractivity contribution in [2.24, 2.45) is 0 Å². The highest BCUT2D eigenvalue weighted by Gasteiger charge is 2.24. The molecule has 3 rings (SSSR count). The number of rotatable bonds is 2. The van der Waals surface area contributed by atoms with Gasteiger partial charge >= 0.3 is 0 Å². The third kappa shape index (κ3) is 1.93. The Balaban J connectivity index is 1.89. The van der Waals surface area contributed by atoms with Crippen LogP contribution in [0.5, 0.6) is 0 Å². The topological polar surface area (TPSA) is 23.5 Å². The first kappa shape index (κ1) is 11.8. The Bertz CT molecular complexity index is 532. The minimum absolute atomic E-state index is 0.116. The van der Waals surface area contributed by atoms with Gasteiger partial charge < -0.3 is 10.0 Å². The highest BCUT2D eigenvalue weighted by molar-refractivity contribution is 7.10. The molecule has 0 spiro atoms. The molecule has 0 saturated heterocycles. The van der Waals surface area contributed by atoms with E-state index in [-0.39, 0.29) is 6.61 Å². The molecule has 0 fully saturated rings. The summed E-state index contributed by atoms with van der Waals surface area (Å²) in [6.45, 7) is 3.46. The summed E-state index contributed by atoms with van der Waals surface area (Å²) in [6, 6.07) is 10.9. The Morgan fingerprint density at radius 3 is 2.78 bits per heavy atom. The molecule has 1 unspecified atom stereocenters. The second kappa shape index (κ2) is 4.75. The van der Waals surface area contributed by atoms with Gasteiger partial charge in [-0.2, -0.15) is 0 Å². The fourth-order valence-electron chi connectivity index (χ4n) is 2.66. The second-order valence-electron chi connectivity index (χ2n) is 4.74. The maximum atomic E-state index is 9.08. The van der Waals surface area contributed by atoms with Crippen LogP contribution < -0.4 is 4.90 Å². The van der Waals surface area contributed by atoms with Gasteiger partial charge in [-0.15, -0.1) is 11.3 Å². The summed E-state index contributed by atoms with van der Waals surface area (Å²) < 4.78 is 0. The number of aliphatic hydroxyl groups is 1. The lowest BCUT2D eigenvalue weighted by Gasteiger charge is -2.35. The maximum Gasteiger partial charge on any atom is 0.0681 e. The van der Waals surface area contributed by atoms with Crippen LogP contribution in [0.15, 0.2) is 35.7 Å². The molecule has 1 atom stereocenters. The molecule has 18 heavy (non-hydrogen) atoms. The average molecular weight is 259 g/mol. The summed E-state index contributed by atoms with van der Waals surface area (Å²) in [4.78, 5) is 3.97. The monoisotopic (exact) mass is 259 g/mol. The van der Waals surface area contributed by atoms with E-state index in [9.17, 15) is 0 Å². The molecular weight excluding hydrogens is 242 g/mol. The number of hydrogen-bond acceptors (Lipinski definition) is 3. The summed E-state index contributed by atoms with van der Waals surface area (Å²) in [5, 5.41) is 11.3. The molecule has 3 heteroatoms. The molecular formula is C15H17NOS. The van der Waals surface area contributed by atoms with Crippen LogP contribution in [0.2, 0.25) is 0 Å². The van der Waals surface area contributed by atoms with Gasteiger partial charge in [-0.25, -0.2) is 0 Å². The fourth-order valence-corrected chi connectivity index (χ4v) is 3.62. The number of nitrogens with zero attached hydrogens (tertiary/aromatic N) is 1. The van der Waals surface area contributed by atoms with E-state index in [1.165, 1.54) is 16.1 Å². The van der Waals surface area contributed by atoms with Crippen LogP contribution in [0.1, 0.15) is 29.0 Å². The summed E-state index contributed by atoms with van der Waals surface area (Å²) in [5.41, 5.74) is 3.69. The maximum absolute atomic E-state index is 9.08. The normalized spacial score (nSPS) is 18.8. The molecule has 0 amide bonds. The van der Waals surface area contributed by atoms with E-state index in [1.807, 2.05) is 23.5 Å². The number of fused-ring (bicyclic) bond motifs is 1. The van der Waals surface area contributed by atoms with Crippen LogP contribution in [0, 0.1) is 0 Å². The van der Waals surface area contributed by atoms with Crippen molar-refractivity contribution in [3.63, 3.8) is 0 Å². The van der Waals surface area contributed by atoms with Gasteiger partial charge in [-0.05, 0) is 48.1 Å². The number of hydrogen-bond donors (Lipinski definition) is 1. The molecule has 1 N–H and O–H groups in total. The summed E-state index contributed by atoms with van der Waals surface area (Å²) in [7, 11) is 0. The second-order valence-corrected chi connectivity index (χ2v) is 5.74. The molecule has 0 saturated carbocycles. The van der Waals surface area contributed by atoms with E-state index in [4.69, 9.17) is 5.11 Å². The lowest BCUT2D eigenvalue weighted by Crippen LogP contribution is -2.32. The third-order valence-electron chi connectivity index (χ3n) is 3.73. The molecule has 2 aromatic rings. The molecule has 2 nitrogen and oxygen atoms in total. The van der Waals surface area contributed by atoms with Crippen molar-refractivity contribution in [2.75, 3.05) is 11.4 Å². The molecule has 1 aromatic carbocycles. The van der Waals surface area contributed by atoms with E-state index in [2.05, 4.69) is 35.4 Å². The van der Waals surface area contributed by atoms with Crippen LogP contribution in [0.4, 0.5) is 5.69 Å². The van der Waals surface area contributed by atoms with Gasteiger partial charge in [0.05, 0.1) is 12.6 Å². The minimum Gasteiger partial charge on any atom is -0.392 e. The van der Waals surface area contributed by atoms with Crippen LogP contribution in [-0.4, -0.2) is 11.7 Å². The first-order valence-corrected chi connectivity index (χ1v) is 7.20. The predicted molar refractivity (Wildman–Crippen MR) is 76.1 cm³/mol. The largest absolute Gasteiger partial charge is 0.392 e. The van der Waals surface area contributed by atoms with Crippen molar-refractivity contribution in [1.82, 2.24) is 0 Å². The highest BCUT2D eigenvalue weighted by atomic mass is 32.1. The van der Waals surface area contributed by atoms with E-state index in [1.54, 1.807) is 0 Å². The zero-order chi connectivity index (χ0) is 12.5. The molecule has 1 aliphatic rings. The number of anilines is 1. The quantitative estimate of drug-likeness (QED) is 0.894. The lowest BCUT2D eigenvalue weighted by atomic mass is 10.0. The first-order chi connectivity index (χ1) is 8.79. The van der Waals surface area contributed by atoms with Crippen molar-refractivity contribution in [2.45, 2.75) is 26.0 Å².